The van der Waals surface area contributed by atoms with Crippen molar-refractivity contribution in [3.63, 3.8) is 0 Å². The average Bonchev–Trinajstić information content (AvgIpc) is 2.99. The smallest absolute Gasteiger partial charge is 0.347 e. The van der Waals surface area contributed by atoms with Crippen molar-refractivity contribution in [3.8, 4) is 22.1 Å². The number of aromatic carboxylic acids is 1. The first-order valence-corrected chi connectivity index (χ1v) is 8.46. The summed E-state index contributed by atoms with van der Waals surface area (Å²) < 4.78 is 11.1. The van der Waals surface area contributed by atoms with Crippen LogP contribution in [0, 0.1) is 0 Å². The third-order valence-electron chi connectivity index (χ3n) is 3.43. The fourth-order valence-corrected chi connectivity index (χ4v) is 3.13. The summed E-state index contributed by atoms with van der Waals surface area (Å²) >= 11 is 1.18. The van der Waals surface area contributed by atoms with Gasteiger partial charge in [0.05, 0.1) is 12.8 Å². The molecule has 7 heteroatoms. The largest absolute Gasteiger partial charge is 0.493 e. The first-order chi connectivity index (χ1) is 11.5. The van der Waals surface area contributed by atoms with Gasteiger partial charge in [-0.15, -0.1) is 11.3 Å². The molecule has 1 N–H and O–H groups in total. The van der Waals surface area contributed by atoms with Gasteiger partial charge in [0.1, 0.15) is 16.5 Å². The Morgan fingerprint density at radius 3 is 2.62 bits per heavy atom. The lowest BCUT2D eigenvalue weighted by Crippen LogP contribution is -2.19. The van der Waals surface area contributed by atoms with Crippen LogP contribution in [-0.4, -0.2) is 55.3 Å². The number of thiazole rings is 1. The van der Waals surface area contributed by atoms with E-state index in [1.807, 2.05) is 44.1 Å². The molecule has 1 heterocycles. The molecule has 0 fully saturated rings. The Labute approximate surface area is 145 Å². The number of methoxy groups -OCH3 is 1. The summed E-state index contributed by atoms with van der Waals surface area (Å²) in [5.74, 6) is 0.330. The van der Waals surface area contributed by atoms with Crippen LogP contribution >= 0.6 is 11.3 Å². The molecule has 0 unspecified atom stereocenters. The third-order valence-corrected chi connectivity index (χ3v) is 4.57. The van der Waals surface area contributed by atoms with E-state index in [2.05, 4.69) is 4.98 Å². The lowest BCUT2D eigenvalue weighted by molar-refractivity contribution is 0.0701. The fourth-order valence-electron chi connectivity index (χ4n) is 2.14. The molecule has 130 valence electrons. The van der Waals surface area contributed by atoms with Crippen molar-refractivity contribution in [1.29, 1.82) is 0 Å². The number of carboxylic acid groups (broad SMARTS) is 1. The Balaban J connectivity index is 2.32. The summed E-state index contributed by atoms with van der Waals surface area (Å²) in [5, 5.41) is 9.95. The van der Waals surface area contributed by atoms with Gasteiger partial charge >= 0.3 is 5.97 Å². The van der Waals surface area contributed by atoms with Crippen LogP contribution in [0.5, 0.6) is 11.5 Å². The van der Waals surface area contributed by atoms with Crippen molar-refractivity contribution < 1.29 is 19.4 Å². The van der Waals surface area contributed by atoms with E-state index in [1.54, 1.807) is 7.11 Å². The van der Waals surface area contributed by atoms with Crippen LogP contribution < -0.4 is 9.47 Å². The second-order valence-electron chi connectivity index (χ2n) is 5.47. The van der Waals surface area contributed by atoms with E-state index in [9.17, 15) is 9.90 Å². The maximum Gasteiger partial charge on any atom is 0.347 e. The molecule has 0 saturated heterocycles. The molecule has 24 heavy (non-hydrogen) atoms. The first-order valence-electron chi connectivity index (χ1n) is 7.65. The number of nitrogens with zero attached hydrogens (tertiary/aromatic N) is 2. The molecule has 0 aliphatic heterocycles. The van der Waals surface area contributed by atoms with Crippen LogP contribution in [0.3, 0.4) is 0 Å². The molecule has 1 aromatic carbocycles. The van der Waals surface area contributed by atoms with Crippen molar-refractivity contribution in [2.24, 2.45) is 0 Å². The highest BCUT2D eigenvalue weighted by molar-refractivity contribution is 7.17. The van der Waals surface area contributed by atoms with Crippen LogP contribution in [0.25, 0.3) is 10.6 Å². The molecule has 0 spiro atoms. The van der Waals surface area contributed by atoms with E-state index in [1.165, 1.54) is 11.3 Å². The predicted octanol–water partition coefficient (Wildman–Crippen LogP) is 3.02. The fraction of sp³-hybridized carbons (Fsp3) is 0.412. The van der Waals surface area contributed by atoms with E-state index in [4.69, 9.17) is 9.47 Å². The topological polar surface area (TPSA) is 71.9 Å². The van der Waals surface area contributed by atoms with E-state index < -0.39 is 5.97 Å². The molecular formula is C17H22N2O4S. The SMILES string of the molecule is CCc1nc(-c2ccc(OC)c(OCCN(C)C)c2)sc1C(=O)O. The second-order valence-corrected chi connectivity index (χ2v) is 6.47. The summed E-state index contributed by atoms with van der Waals surface area (Å²) in [4.78, 5) is 18.1. The number of hydrogen-bond acceptors (Lipinski definition) is 6. The normalized spacial score (nSPS) is 10.9. The van der Waals surface area contributed by atoms with Crippen molar-refractivity contribution in [1.82, 2.24) is 9.88 Å². The molecular weight excluding hydrogens is 328 g/mol. The van der Waals surface area contributed by atoms with Crippen LogP contribution in [0.2, 0.25) is 0 Å². The number of ether oxygens (including phenoxy) is 2. The minimum atomic E-state index is -0.938. The molecule has 0 atom stereocenters. The van der Waals surface area contributed by atoms with Crippen LogP contribution in [0.4, 0.5) is 0 Å². The Morgan fingerprint density at radius 2 is 2.08 bits per heavy atom. The summed E-state index contributed by atoms with van der Waals surface area (Å²) in [6.07, 6.45) is 0.584. The number of aryl methyl sites for hydroxylation is 1. The number of likely N-dealkylation sites (N-methyl/N-ethyl adjacent to an activating group) is 1. The van der Waals surface area contributed by atoms with Crippen LogP contribution in [0.1, 0.15) is 22.3 Å². The van der Waals surface area contributed by atoms with E-state index in [0.29, 0.717) is 40.1 Å². The van der Waals surface area contributed by atoms with E-state index in [0.717, 1.165) is 12.1 Å². The predicted molar refractivity (Wildman–Crippen MR) is 94.5 cm³/mol. The van der Waals surface area contributed by atoms with Crippen molar-refractivity contribution in [2.45, 2.75) is 13.3 Å². The van der Waals surface area contributed by atoms with Crippen molar-refractivity contribution >= 4 is 17.3 Å². The number of benzene rings is 1. The van der Waals surface area contributed by atoms with Crippen molar-refractivity contribution in [3.05, 3.63) is 28.8 Å². The molecule has 1 aromatic heterocycles. The van der Waals surface area contributed by atoms with Crippen LogP contribution in [-0.2, 0) is 6.42 Å². The quantitative estimate of drug-likeness (QED) is 0.789. The number of aromatic nitrogens is 1. The monoisotopic (exact) mass is 350 g/mol. The molecule has 0 amide bonds. The zero-order valence-electron chi connectivity index (χ0n) is 14.3. The zero-order valence-corrected chi connectivity index (χ0v) is 15.1. The van der Waals surface area contributed by atoms with Crippen molar-refractivity contribution in [2.75, 3.05) is 34.4 Å². The second kappa shape index (κ2) is 8.12. The number of rotatable bonds is 8. The molecule has 6 nitrogen and oxygen atoms in total. The lowest BCUT2D eigenvalue weighted by Gasteiger charge is -2.14. The molecule has 0 saturated carbocycles. The Bertz CT molecular complexity index is 713. The number of carbonyl (C=O) groups is 1. The number of carboxylic acids is 1. The Morgan fingerprint density at radius 1 is 1.33 bits per heavy atom. The maximum atomic E-state index is 11.3. The highest BCUT2D eigenvalue weighted by Gasteiger charge is 2.18. The third kappa shape index (κ3) is 4.24. The van der Waals surface area contributed by atoms with E-state index >= 15 is 0 Å². The maximum absolute atomic E-state index is 11.3. The summed E-state index contributed by atoms with van der Waals surface area (Å²) in [5.41, 5.74) is 1.43. The minimum absolute atomic E-state index is 0.290. The zero-order chi connectivity index (χ0) is 17.7. The lowest BCUT2D eigenvalue weighted by atomic mass is 10.2. The van der Waals surface area contributed by atoms with Gasteiger partial charge in [-0.05, 0) is 38.7 Å². The molecule has 2 rings (SSSR count). The standard InChI is InChI=1S/C17H22N2O4S/c1-5-12-15(17(20)21)24-16(18-12)11-6-7-13(22-4)14(10-11)23-9-8-19(2)3/h6-7,10H,5,8-9H2,1-4H3,(H,20,21). The van der Waals surface area contributed by atoms with Gasteiger partial charge < -0.3 is 19.5 Å². The highest BCUT2D eigenvalue weighted by atomic mass is 32.1. The van der Waals surface area contributed by atoms with Gasteiger partial charge in [-0.25, -0.2) is 9.78 Å². The summed E-state index contributed by atoms with van der Waals surface area (Å²) in [6.45, 7) is 3.22. The van der Waals surface area contributed by atoms with Gasteiger partial charge in [0.25, 0.3) is 0 Å². The molecule has 0 aliphatic rings. The highest BCUT2D eigenvalue weighted by Crippen LogP contribution is 2.35. The Hall–Kier alpha value is -2.12. The molecule has 0 aliphatic carbocycles. The summed E-state index contributed by atoms with van der Waals surface area (Å²) in [6, 6.07) is 5.52. The average molecular weight is 350 g/mol. The van der Waals surface area contributed by atoms with E-state index in [-0.39, 0.29) is 0 Å². The molecule has 0 radical (unpaired) electrons. The van der Waals surface area contributed by atoms with Gasteiger partial charge in [0, 0.05) is 12.1 Å². The van der Waals surface area contributed by atoms with Gasteiger partial charge in [-0.3, -0.25) is 0 Å². The van der Waals surface area contributed by atoms with Gasteiger partial charge in [0.15, 0.2) is 11.5 Å². The summed E-state index contributed by atoms with van der Waals surface area (Å²) in [7, 11) is 5.55. The van der Waals surface area contributed by atoms with Gasteiger partial charge in [-0.1, -0.05) is 6.92 Å². The van der Waals surface area contributed by atoms with Gasteiger partial charge in [-0.2, -0.15) is 0 Å². The molecule has 0 bridgehead atoms. The van der Waals surface area contributed by atoms with Crippen LogP contribution in [0.15, 0.2) is 18.2 Å². The number of hydrogen-bond donors (Lipinski definition) is 1. The minimum Gasteiger partial charge on any atom is -0.493 e. The molecule has 2 aromatic rings. The first kappa shape index (κ1) is 18.2. The Kier molecular flexibility index (Phi) is 6.16. The van der Waals surface area contributed by atoms with Gasteiger partial charge in [0.2, 0.25) is 0 Å².